The van der Waals surface area contributed by atoms with E-state index in [9.17, 15) is 14.4 Å². The standard InChI is InChI=1S/C31H29NO4/c1-21(33)36-31(23-15-7-3-8-16-23)26-20-12-11-19-25(26)30(27(34)22-13-5-2-6-14-22)28(31)32(29(30)35)24-17-9-4-10-18-24/h2-3,5-8,11-16,19-20,24,28H,4,9-10,17-18H2,1H3. The fourth-order valence-electron chi connectivity index (χ4n) is 6.93. The zero-order valence-electron chi connectivity index (χ0n) is 20.4. The van der Waals surface area contributed by atoms with Gasteiger partial charge < -0.3 is 9.64 Å². The highest BCUT2D eigenvalue weighted by Gasteiger charge is 2.79. The van der Waals surface area contributed by atoms with Crippen molar-refractivity contribution in [3.63, 3.8) is 0 Å². The van der Waals surface area contributed by atoms with Crippen LogP contribution in [0.4, 0.5) is 0 Å². The predicted molar refractivity (Wildman–Crippen MR) is 135 cm³/mol. The lowest BCUT2D eigenvalue weighted by Gasteiger charge is -2.59. The first-order valence-corrected chi connectivity index (χ1v) is 12.8. The summed E-state index contributed by atoms with van der Waals surface area (Å²) in [6, 6.07) is 25.5. The molecule has 0 radical (unpaired) electrons. The molecule has 1 heterocycles. The van der Waals surface area contributed by atoms with Gasteiger partial charge in [-0.15, -0.1) is 0 Å². The van der Waals surface area contributed by atoms with Crippen LogP contribution in [0.2, 0.25) is 0 Å². The first-order chi connectivity index (χ1) is 17.5. The number of β-lactam (4-membered cyclic amide) rings is 1. The molecule has 3 aromatic carbocycles. The fourth-order valence-corrected chi connectivity index (χ4v) is 6.93. The van der Waals surface area contributed by atoms with Crippen LogP contribution >= 0.6 is 0 Å². The Hall–Kier alpha value is -3.73. The molecule has 0 spiro atoms. The van der Waals surface area contributed by atoms with Crippen LogP contribution in [-0.2, 0) is 25.3 Å². The minimum Gasteiger partial charge on any atom is -0.447 e. The molecule has 0 N–H and O–H groups in total. The highest BCUT2D eigenvalue weighted by atomic mass is 16.6. The number of ketones is 1. The quantitative estimate of drug-likeness (QED) is 0.219. The molecular weight excluding hydrogens is 450 g/mol. The zero-order chi connectivity index (χ0) is 24.9. The number of likely N-dealkylation sites (tertiary alicyclic amines) is 1. The van der Waals surface area contributed by atoms with Gasteiger partial charge in [-0.1, -0.05) is 104 Å². The summed E-state index contributed by atoms with van der Waals surface area (Å²) in [7, 11) is 0. The predicted octanol–water partition coefficient (Wildman–Crippen LogP) is 5.17. The summed E-state index contributed by atoms with van der Waals surface area (Å²) in [5.74, 6) is -0.854. The van der Waals surface area contributed by atoms with Gasteiger partial charge in [0.05, 0.1) is 0 Å². The zero-order valence-corrected chi connectivity index (χ0v) is 20.4. The van der Waals surface area contributed by atoms with Crippen molar-refractivity contribution in [2.45, 2.75) is 62.1 Å². The molecule has 3 aliphatic rings. The number of hydrogen-bond acceptors (Lipinski definition) is 4. The van der Waals surface area contributed by atoms with Crippen molar-refractivity contribution >= 4 is 17.7 Å². The van der Waals surface area contributed by atoms with Crippen molar-refractivity contribution in [2.75, 3.05) is 0 Å². The van der Waals surface area contributed by atoms with Crippen molar-refractivity contribution in [3.05, 3.63) is 107 Å². The van der Waals surface area contributed by atoms with Gasteiger partial charge in [0.2, 0.25) is 5.91 Å². The third-order valence-electron chi connectivity index (χ3n) is 8.27. The first-order valence-electron chi connectivity index (χ1n) is 12.8. The summed E-state index contributed by atoms with van der Waals surface area (Å²) in [6.45, 7) is 1.40. The SMILES string of the molecule is CC(=O)OC1(c2ccccc2)c2ccccc2C2(C(=O)c3ccccc3)C(=O)N(C3CCCCC3)C21. The highest BCUT2D eigenvalue weighted by Crippen LogP contribution is 2.63. The Morgan fingerprint density at radius 2 is 1.39 bits per heavy atom. The van der Waals surface area contributed by atoms with Crippen molar-refractivity contribution in [3.8, 4) is 0 Å². The number of esters is 1. The van der Waals surface area contributed by atoms with Crippen LogP contribution in [0, 0.1) is 0 Å². The van der Waals surface area contributed by atoms with Gasteiger partial charge in [0, 0.05) is 29.7 Å². The molecule has 3 aromatic rings. The monoisotopic (exact) mass is 479 g/mol. The molecule has 182 valence electrons. The number of carbonyl (C=O) groups excluding carboxylic acids is 3. The summed E-state index contributed by atoms with van der Waals surface area (Å²) >= 11 is 0. The maximum Gasteiger partial charge on any atom is 0.303 e. The molecular formula is C31H29NO4. The Kier molecular flexibility index (Phi) is 5.32. The fraction of sp³-hybridized carbons (Fsp3) is 0.323. The lowest BCUT2D eigenvalue weighted by Crippen LogP contribution is -2.79. The molecule has 2 fully saturated rings. The number of fused-ring (bicyclic) bond motifs is 3. The van der Waals surface area contributed by atoms with Crippen LogP contribution in [0.25, 0.3) is 0 Å². The van der Waals surface area contributed by atoms with Crippen molar-refractivity contribution in [1.29, 1.82) is 0 Å². The van der Waals surface area contributed by atoms with E-state index in [-0.39, 0.29) is 17.7 Å². The lowest BCUT2D eigenvalue weighted by atomic mass is 9.61. The number of rotatable bonds is 5. The third-order valence-corrected chi connectivity index (χ3v) is 8.27. The second-order valence-electron chi connectivity index (χ2n) is 10.2. The highest BCUT2D eigenvalue weighted by molar-refractivity contribution is 6.24. The minimum atomic E-state index is -1.44. The molecule has 0 aromatic heterocycles. The van der Waals surface area contributed by atoms with Crippen molar-refractivity contribution < 1.29 is 19.1 Å². The van der Waals surface area contributed by atoms with Gasteiger partial charge in [0.1, 0.15) is 6.04 Å². The molecule has 1 amide bonds. The Morgan fingerprint density at radius 3 is 2.03 bits per heavy atom. The van der Waals surface area contributed by atoms with E-state index < -0.39 is 23.0 Å². The van der Waals surface area contributed by atoms with Crippen molar-refractivity contribution in [1.82, 2.24) is 4.90 Å². The number of amides is 1. The summed E-state index contributed by atoms with van der Waals surface area (Å²) < 4.78 is 6.34. The topological polar surface area (TPSA) is 63.7 Å². The molecule has 6 rings (SSSR count). The first kappa shape index (κ1) is 22.7. The van der Waals surface area contributed by atoms with Crippen LogP contribution in [0.5, 0.6) is 0 Å². The van der Waals surface area contributed by atoms with Gasteiger partial charge in [-0.25, -0.2) is 0 Å². The van der Waals surface area contributed by atoms with E-state index in [4.69, 9.17) is 4.74 Å². The van der Waals surface area contributed by atoms with Gasteiger partial charge >= 0.3 is 5.97 Å². The maximum atomic E-state index is 14.4. The average Bonchev–Trinajstić information content (AvgIpc) is 3.13. The average molecular weight is 480 g/mol. The van der Waals surface area contributed by atoms with E-state index in [1.54, 1.807) is 12.1 Å². The molecule has 5 heteroatoms. The number of ether oxygens (including phenoxy) is 1. The minimum absolute atomic E-state index is 0.0147. The number of Topliss-reactive ketones (excluding diaryl/α,β-unsaturated/α-hetero) is 1. The van der Waals surface area contributed by atoms with Crippen LogP contribution in [0.3, 0.4) is 0 Å². The van der Waals surface area contributed by atoms with Crippen LogP contribution < -0.4 is 0 Å². The Bertz CT molecular complexity index is 1330. The van der Waals surface area contributed by atoms with Gasteiger partial charge in [-0.05, 0) is 18.4 Å². The second kappa shape index (κ2) is 8.44. The van der Waals surface area contributed by atoms with E-state index in [1.807, 2.05) is 77.7 Å². The Balaban J connectivity index is 1.66. The summed E-state index contributed by atoms with van der Waals surface area (Å²) in [5, 5.41) is 0. The number of carbonyl (C=O) groups is 3. The van der Waals surface area contributed by atoms with Gasteiger partial charge in [0.25, 0.3) is 0 Å². The van der Waals surface area contributed by atoms with Gasteiger partial charge in [-0.3, -0.25) is 14.4 Å². The van der Waals surface area contributed by atoms with Crippen LogP contribution in [-0.4, -0.2) is 34.6 Å². The summed E-state index contributed by atoms with van der Waals surface area (Å²) in [5.41, 5.74) is -0.104. The molecule has 2 aliphatic carbocycles. The van der Waals surface area contributed by atoms with E-state index in [0.717, 1.165) is 37.7 Å². The maximum absolute atomic E-state index is 14.4. The third kappa shape index (κ3) is 2.92. The Labute approximate surface area is 211 Å². The van der Waals surface area contributed by atoms with Gasteiger partial charge in [0.15, 0.2) is 16.8 Å². The normalized spacial score (nSPS) is 27.1. The van der Waals surface area contributed by atoms with E-state index >= 15 is 0 Å². The number of benzene rings is 3. The second-order valence-corrected chi connectivity index (χ2v) is 10.2. The molecule has 3 atom stereocenters. The van der Waals surface area contributed by atoms with E-state index in [0.29, 0.717) is 16.7 Å². The molecule has 1 saturated carbocycles. The molecule has 1 aliphatic heterocycles. The number of hydrogen-bond donors (Lipinski definition) is 0. The largest absolute Gasteiger partial charge is 0.447 e. The molecule has 1 saturated heterocycles. The number of nitrogens with zero attached hydrogens (tertiary/aromatic N) is 1. The summed E-state index contributed by atoms with van der Waals surface area (Å²) in [4.78, 5) is 43.5. The smallest absolute Gasteiger partial charge is 0.303 e. The molecule has 3 unspecified atom stereocenters. The van der Waals surface area contributed by atoms with Crippen LogP contribution in [0.1, 0.15) is 66.1 Å². The Morgan fingerprint density at radius 1 is 0.806 bits per heavy atom. The molecule has 0 bridgehead atoms. The van der Waals surface area contributed by atoms with E-state index in [1.165, 1.54) is 6.92 Å². The van der Waals surface area contributed by atoms with Gasteiger partial charge in [-0.2, -0.15) is 0 Å². The molecule has 5 nitrogen and oxygen atoms in total. The summed E-state index contributed by atoms with van der Waals surface area (Å²) in [6.07, 6.45) is 5.00. The van der Waals surface area contributed by atoms with Crippen LogP contribution in [0.15, 0.2) is 84.9 Å². The lowest BCUT2D eigenvalue weighted by molar-refractivity contribution is -0.189. The van der Waals surface area contributed by atoms with E-state index in [2.05, 4.69) is 0 Å². The molecule has 36 heavy (non-hydrogen) atoms. The van der Waals surface area contributed by atoms with Crippen molar-refractivity contribution in [2.24, 2.45) is 0 Å².